The first kappa shape index (κ1) is 13.8. The Kier molecular flexibility index (Phi) is 3.47. The molecule has 0 amide bonds. The molecule has 0 aliphatic rings. The molecule has 0 saturated heterocycles. The van der Waals surface area contributed by atoms with E-state index in [4.69, 9.17) is 0 Å². The first-order chi connectivity index (χ1) is 11.3. The number of benzene rings is 3. The van der Waals surface area contributed by atoms with Gasteiger partial charge < -0.3 is 4.98 Å². The van der Waals surface area contributed by atoms with Crippen LogP contribution in [0.3, 0.4) is 0 Å². The SMILES string of the molecule is Cc1ccc2c(Cc3ccccc3)c(-c3ccccc3)[nH]c2c1. The van der Waals surface area contributed by atoms with E-state index in [1.54, 1.807) is 0 Å². The van der Waals surface area contributed by atoms with Crippen LogP contribution in [-0.2, 0) is 6.42 Å². The summed E-state index contributed by atoms with van der Waals surface area (Å²) in [5.41, 5.74) is 7.69. The maximum Gasteiger partial charge on any atom is 0.0500 e. The second-order valence-corrected chi connectivity index (χ2v) is 6.06. The van der Waals surface area contributed by atoms with E-state index in [0.717, 1.165) is 6.42 Å². The van der Waals surface area contributed by atoms with Gasteiger partial charge in [0, 0.05) is 17.3 Å². The van der Waals surface area contributed by atoms with Crippen molar-refractivity contribution in [3.63, 3.8) is 0 Å². The predicted octanol–water partition coefficient (Wildman–Crippen LogP) is 5.73. The van der Waals surface area contributed by atoms with Crippen molar-refractivity contribution in [3.8, 4) is 11.3 Å². The van der Waals surface area contributed by atoms with Gasteiger partial charge in [-0.15, -0.1) is 0 Å². The maximum absolute atomic E-state index is 3.64. The lowest BCUT2D eigenvalue weighted by Crippen LogP contribution is -1.90. The number of aryl methyl sites for hydroxylation is 1. The third-order valence-corrected chi connectivity index (χ3v) is 4.35. The normalized spacial score (nSPS) is 11.0. The summed E-state index contributed by atoms with van der Waals surface area (Å²) in [6.07, 6.45) is 0.939. The molecule has 0 aliphatic carbocycles. The molecule has 0 atom stereocenters. The molecule has 4 aromatic rings. The summed E-state index contributed by atoms with van der Waals surface area (Å²) in [6.45, 7) is 2.14. The Balaban J connectivity index is 1.92. The van der Waals surface area contributed by atoms with E-state index in [1.165, 1.54) is 38.9 Å². The fraction of sp³-hybridized carbons (Fsp3) is 0.0909. The molecule has 112 valence electrons. The van der Waals surface area contributed by atoms with Gasteiger partial charge in [-0.2, -0.15) is 0 Å². The molecule has 0 spiro atoms. The Morgan fingerprint density at radius 3 is 2.22 bits per heavy atom. The standard InChI is InChI=1S/C22H19N/c1-16-12-13-19-20(15-17-8-4-2-5-9-17)22(23-21(19)14-16)18-10-6-3-7-11-18/h2-14,23H,15H2,1H3. The summed E-state index contributed by atoms with van der Waals surface area (Å²) >= 11 is 0. The summed E-state index contributed by atoms with van der Waals surface area (Å²) in [6, 6.07) is 27.9. The third-order valence-electron chi connectivity index (χ3n) is 4.35. The number of rotatable bonds is 3. The molecule has 1 heteroatoms. The lowest BCUT2D eigenvalue weighted by Gasteiger charge is -2.06. The number of aromatic nitrogens is 1. The second kappa shape index (κ2) is 5.77. The van der Waals surface area contributed by atoms with E-state index >= 15 is 0 Å². The average molecular weight is 297 g/mol. The van der Waals surface area contributed by atoms with Crippen molar-refractivity contribution in [2.24, 2.45) is 0 Å². The van der Waals surface area contributed by atoms with Crippen molar-refractivity contribution in [1.82, 2.24) is 4.98 Å². The summed E-state index contributed by atoms with van der Waals surface area (Å²) in [4.78, 5) is 3.64. The van der Waals surface area contributed by atoms with Crippen LogP contribution in [0.1, 0.15) is 16.7 Å². The maximum atomic E-state index is 3.64. The molecule has 0 aliphatic heterocycles. The van der Waals surface area contributed by atoms with E-state index < -0.39 is 0 Å². The number of aromatic amines is 1. The van der Waals surface area contributed by atoms with Crippen LogP contribution >= 0.6 is 0 Å². The van der Waals surface area contributed by atoms with E-state index in [9.17, 15) is 0 Å². The molecule has 1 heterocycles. The zero-order chi connectivity index (χ0) is 15.6. The van der Waals surface area contributed by atoms with Gasteiger partial charge in [0.05, 0.1) is 5.69 Å². The van der Waals surface area contributed by atoms with Crippen molar-refractivity contribution in [1.29, 1.82) is 0 Å². The minimum atomic E-state index is 0.939. The Hall–Kier alpha value is -2.80. The van der Waals surface area contributed by atoms with E-state index in [2.05, 4.69) is 90.8 Å². The fourth-order valence-corrected chi connectivity index (χ4v) is 3.20. The molecule has 4 rings (SSSR count). The van der Waals surface area contributed by atoms with Gasteiger partial charge in [0.15, 0.2) is 0 Å². The van der Waals surface area contributed by atoms with Crippen LogP contribution in [0.15, 0.2) is 78.9 Å². The smallest absolute Gasteiger partial charge is 0.0500 e. The molecular formula is C22H19N. The van der Waals surface area contributed by atoms with Gasteiger partial charge >= 0.3 is 0 Å². The van der Waals surface area contributed by atoms with Crippen LogP contribution in [0.5, 0.6) is 0 Å². The number of hydrogen-bond acceptors (Lipinski definition) is 0. The molecule has 0 fully saturated rings. The number of H-pyrrole nitrogens is 1. The quantitative estimate of drug-likeness (QED) is 0.496. The van der Waals surface area contributed by atoms with Gasteiger partial charge in [0.1, 0.15) is 0 Å². The highest BCUT2D eigenvalue weighted by atomic mass is 14.7. The summed E-state index contributed by atoms with van der Waals surface area (Å²) in [5.74, 6) is 0. The number of hydrogen-bond donors (Lipinski definition) is 1. The van der Waals surface area contributed by atoms with Crippen molar-refractivity contribution in [2.75, 3.05) is 0 Å². The largest absolute Gasteiger partial charge is 0.354 e. The molecule has 0 bridgehead atoms. The molecular weight excluding hydrogens is 278 g/mol. The first-order valence-corrected chi connectivity index (χ1v) is 8.02. The van der Waals surface area contributed by atoms with Crippen LogP contribution in [0.25, 0.3) is 22.2 Å². The summed E-state index contributed by atoms with van der Waals surface area (Å²) in [5, 5.41) is 1.32. The highest BCUT2D eigenvalue weighted by Crippen LogP contribution is 2.32. The zero-order valence-corrected chi connectivity index (χ0v) is 13.2. The summed E-state index contributed by atoms with van der Waals surface area (Å²) in [7, 11) is 0. The highest BCUT2D eigenvalue weighted by molar-refractivity contribution is 5.91. The average Bonchev–Trinajstić information content (AvgIpc) is 2.94. The highest BCUT2D eigenvalue weighted by Gasteiger charge is 2.13. The first-order valence-electron chi connectivity index (χ1n) is 8.02. The number of nitrogens with one attached hydrogen (secondary N) is 1. The van der Waals surface area contributed by atoms with Gasteiger partial charge in [-0.1, -0.05) is 72.8 Å². The molecule has 0 radical (unpaired) electrons. The minimum Gasteiger partial charge on any atom is -0.354 e. The van der Waals surface area contributed by atoms with Crippen molar-refractivity contribution < 1.29 is 0 Å². The van der Waals surface area contributed by atoms with Gasteiger partial charge in [-0.25, -0.2) is 0 Å². The van der Waals surface area contributed by atoms with Gasteiger partial charge in [-0.3, -0.25) is 0 Å². The zero-order valence-electron chi connectivity index (χ0n) is 13.2. The van der Waals surface area contributed by atoms with Crippen LogP contribution in [-0.4, -0.2) is 4.98 Å². The topological polar surface area (TPSA) is 15.8 Å². The minimum absolute atomic E-state index is 0.939. The monoisotopic (exact) mass is 297 g/mol. The second-order valence-electron chi connectivity index (χ2n) is 6.06. The Morgan fingerprint density at radius 1 is 0.783 bits per heavy atom. The van der Waals surface area contributed by atoms with E-state index in [1.807, 2.05) is 0 Å². The van der Waals surface area contributed by atoms with Crippen LogP contribution < -0.4 is 0 Å². The molecule has 1 aromatic heterocycles. The van der Waals surface area contributed by atoms with Crippen molar-refractivity contribution in [3.05, 3.63) is 95.6 Å². The predicted molar refractivity (Wildman–Crippen MR) is 97.7 cm³/mol. The fourth-order valence-electron chi connectivity index (χ4n) is 3.20. The molecule has 3 aromatic carbocycles. The molecule has 0 unspecified atom stereocenters. The van der Waals surface area contributed by atoms with Crippen LogP contribution in [0, 0.1) is 6.92 Å². The van der Waals surface area contributed by atoms with Gasteiger partial charge in [-0.05, 0) is 35.2 Å². The summed E-state index contributed by atoms with van der Waals surface area (Å²) < 4.78 is 0. The Morgan fingerprint density at radius 2 is 1.48 bits per heavy atom. The van der Waals surface area contributed by atoms with Crippen LogP contribution in [0.2, 0.25) is 0 Å². The van der Waals surface area contributed by atoms with Gasteiger partial charge in [0.25, 0.3) is 0 Å². The van der Waals surface area contributed by atoms with Crippen molar-refractivity contribution >= 4 is 10.9 Å². The Bertz CT molecular complexity index is 934. The number of fused-ring (bicyclic) bond motifs is 1. The van der Waals surface area contributed by atoms with Crippen molar-refractivity contribution in [2.45, 2.75) is 13.3 Å². The third kappa shape index (κ3) is 2.66. The molecule has 0 saturated carbocycles. The molecule has 1 N–H and O–H groups in total. The molecule has 23 heavy (non-hydrogen) atoms. The Labute approximate surface area is 136 Å². The van der Waals surface area contributed by atoms with E-state index in [0.29, 0.717) is 0 Å². The van der Waals surface area contributed by atoms with Crippen LogP contribution in [0.4, 0.5) is 0 Å². The lowest BCUT2D eigenvalue weighted by atomic mass is 9.98. The molecule has 1 nitrogen and oxygen atoms in total. The van der Waals surface area contributed by atoms with E-state index in [-0.39, 0.29) is 0 Å². The lowest BCUT2D eigenvalue weighted by molar-refractivity contribution is 1.21. The van der Waals surface area contributed by atoms with Gasteiger partial charge in [0.2, 0.25) is 0 Å².